The second-order valence-corrected chi connectivity index (χ2v) is 5.24. The van der Waals surface area contributed by atoms with Gasteiger partial charge in [0, 0.05) is 6.04 Å². The van der Waals surface area contributed by atoms with E-state index < -0.39 is 0 Å². The van der Waals surface area contributed by atoms with Crippen LogP contribution in [0.2, 0.25) is 5.28 Å². The predicted octanol–water partition coefficient (Wildman–Crippen LogP) is 2.99. The van der Waals surface area contributed by atoms with E-state index in [0.717, 1.165) is 17.7 Å². The molecule has 0 radical (unpaired) electrons. The van der Waals surface area contributed by atoms with Crippen molar-refractivity contribution >= 4 is 11.6 Å². The molecule has 3 nitrogen and oxygen atoms in total. The van der Waals surface area contributed by atoms with E-state index in [1.54, 1.807) is 0 Å². The minimum atomic E-state index is 0.580. The van der Waals surface area contributed by atoms with Crippen LogP contribution in [0.15, 0.2) is 0 Å². The van der Waals surface area contributed by atoms with Gasteiger partial charge in [0.05, 0.1) is 0 Å². The third-order valence-electron chi connectivity index (χ3n) is 3.86. The Bertz CT molecular complexity index is 346. The molecule has 1 aromatic rings. The molecule has 0 N–H and O–H groups in total. The first-order valence-electron chi connectivity index (χ1n) is 5.84. The molecule has 0 spiro atoms. The Balaban J connectivity index is 1.93. The molecule has 2 aliphatic rings. The number of hydrogen-bond acceptors (Lipinski definition) is 2. The Morgan fingerprint density at radius 1 is 1.20 bits per heavy atom. The van der Waals surface area contributed by atoms with Crippen LogP contribution in [0.5, 0.6) is 0 Å². The summed E-state index contributed by atoms with van der Waals surface area (Å²) in [6.45, 7) is 2.01. The summed E-state index contributed by atoms with van der Waals surface area (Å²) in [5, 5.41) is 8.62. The van der Waals surface area contributed by atoms with Gasteiger partial charge in [-0.25, -0.2) is 0 Å². The van der Waals surface area contributed by atoms with Gasteiger partial charge in [0.2, 0.25) is 5.28 Å². The second-order valence-electron chi connectivity index (χ2n) is 4.91. The fourth-order valence-electron chi connectivity index (χ4n) is 2.71. The van der Waals surface area contributed by atoms with Crippen LogP contribution >= 0.6 is 11.6 Å². The van der Waals surface area contributed by atoms with Gasteiger partial charge in [0.1, 0.15) is 5.82 Å². The van der Waals surface area contributed by atoms with Crippen LogP contribution < -0.4 is 0 Å². The van der Waals surface area contributed by atoms with Gasteiger partial charge < -0.3 is 0 Å². The fourth-order valence-corrected chi connectivity index (χ4v) is 2.98. The molecule has 0 amide bonds. The van der Waals surface area contributed by atoms with Crippen molar-refractivity contribution in [2.75, 3.05) is 0 Å². The molecule has 0 bridgehead atoms. The Labute approximate surface area is 94.8 Å². The number of nitrogens with zero attached hydrogens (tertiary/aromatic N) is 3. The van der Waals surface area contributed by atoms with Crippen molar-refractivity contribution < 1.29 is 0 Å². The highest BCUT2D eigenvalue weighted by Crippen LogP contribution is 2.50. The van der Waals surface area contributed by atoms with Crippen LogP contribution in [0.4, 0.5) is 0 Å². The van der Waals surface area contributed by atoms with Crippen molar-refractivity contribution in [1.29, 1.82) is 0 Å². The van der Waals surface area contributed by atoms with Crippen molar-refractivity contribution in [1.82, 2.24) is 14.8 Å². The lowest BCUT2D eigenvalue weighted by Gasteiger charge is -2.35. The molecule has 3 rings (SSSR count). The van der Waals surface area contributed by atoms with Crippen LogP contribution in [-0.4, -0.2) is 14.8 Å². The summed E-state index contributed by atoms with van der Waals surface area (Å²) in [6.07, 6.45) is 6.81. The summed E-state index contributed by atoms with van der Waals surface area (Å²) in [5.41, 5.74) is 0. The Kier molecular flexibility index (Phi) is 2.23. The van der Waals surface area contributed by atoms with Gasteiger partial charge in [-0.1, -0.05) is 6.42 Å². The van der Waals surface area contributed by atoms with Crippen molar-refractivity contribution in [3.05, 3.63) is 11.1 Å². The lowest BCUT2D eigenvalue weighted by molar-refractivity contribution is 0.185. The van der Waals surface area contributed by atoms with Crippen LogP contribution in [0, 0.1) is 18.8 Å². The summed E-state index contributed by atoms with van der Waals surface area (Å²) in [6, 6.07) is 0.584. The topological polar surface area (TPSA) is 30.7 Å². The fraction of sp³-hybridized carbons (Fsp3) is 0.818. The SMILES string of the molecule is Cc1nnc(Cl)n1C(C1CCC1)C1CC1. The maximum absolute atomic E-state index is 6.13. The molecular weight excluding hydrogens is 210 g/mol. The molecule has 1 heterocycles. The monoisotopic (exact) mass is 225 g/mol. The van der Waals surface area contributed by atoms with Crippen LogP contribution in [0.25, 0.3) is 0 Å². The molecule has 1 atom stereocenters. The van der Waals surface area contributed by atoms with Gasteiger partial charge in [-0.15, -0.1) is 10.2 Å². The van der Waals surface area contributed by atoms with Gasteiger partial charge in [-0.05, 0) is 56.0 Å². The van der Waals surface area contributed by atoms with Gasteiger partial charge in [0.25, 0.3) is 0 Å². The van der Waals surface area contributed by atoms with Crippen molar-refractivity contribution in [2.24, 2.45) is 11.8 Å². The lowest BCUT2D eigenvalue weighted by Crippen LogP contribution is -2.27. The van der Waals surface area contributed by atoms with E-state index in [1.807, 2.05) is 6.92 Å². The highest BCUT2D eigenvalue weighted by Gasteiger charge is 2.41. The molecule has 4 heteroatoms. The van der Waals surface area contributed by atoms with E-state index in [-0.39, 0.29) is 0 Å². The third kappa shape index (κ3) is 1.57. The van der Waals surface area contributed by atoms with Crippen LogP contribution in [0.3, 0.4) is 0 Å². The van der Waals surface area contributed by atoms with E-state index in [1.165, 1.54) is 32.1 Å². The van der Waals surface area contributed by atoms with Crippen molar-refractivity contribution in [3.8, 4) is 0 Å². The molecule has 0 aliphatic heterocycles. The maximum atomic E-state index is 6.13. The largest absolute Gasteiger partial charge is 0.298 e. The molecule has 82 valence electrons. The standard InChI is InChI=1S/C11H16ClN3/c1-7-13-14-11(12)15(7)10(9-5-6-9)8-3-2-4-8/h8-10H,2-6H2,1H3. The van der Waals surface area contributed by atoms with Crippen LogP contribution in [0.1, 0.15) is 44.0 Å². The number of aromatic nitrogens is 3. The van der Waals surface area contributed by atoms with E-state index in [9.17, 15) is 0 Å². The number of halogens is 1. The van der Waals surface area contributed by atoms with E-state index in [4.69, 9.17) is 11.6 Å². The summed E-state index contributed by atoms with van der Waals surface area (Å²) in [4.78, 5) is 0. The first-order chi connectivity index (χ1) is 7.27. The van der Waals surface area contributed by atoms with Gasteiger partial charge in [0.15, 0.2) is 0 Å². The molecule has 15 heavy (non-hydrogen) atoms. The van der Waals surface area contributed by atoms with Crippen molar-refractivity contribution in [2.45, 2.75) is 45.1 Å². The first kappa shape index (κ1) is 9.64. The Morgan fingerprint density at radius 3 is 2.27 bits per heavy atom. The molecule has 2 fully saturated rings. The summed E-state index contributed by atoms with van der Waals surface area (Å²) in [7, 11) is 0. The summed E-state index contributed by atoms with van der Waals surface area (Å²) in [5.74, 6) is 2.64. The average Bonchev–Trinajstić information content (AvgIpc) is 2.89. The average molecular weight is 226 g/mol. The number of rotatable bonds is 3. The minimum Gasteiger partial charge on any atom is -0.298 e. The lowest BCUT2D eigenvalue weighted by atomic mass is 9.77. The minimum absolute atomic E-state index is 0.580. The maximum Gasteiger partial charge on any atom is 0.225 e. The van der Waals surface area contributed by atoms with E-state index in [2.05, 4.69) is 14.8 Å². The summed E-state index contributed by atoms with van der Waals surface area (Å²) < 4.78 is 2.17. The number of aryl methyl sites for hydroxylation is 1. The van der Waals surface area contributed by atoms with Gasteiger partial charge in [-0.2, -0.15) is 0 Å². The zero-order valence-electron chi connectivity index (χ0n) is 8.99. The Morgan fingerprint density at radius 2 is 1.87 bits per heavy atom. The van der Waals surface area contributed by atoms with Crippen LogP contribution in [-0.2, 0) is 0 Å². The molecule has 0 aromatic carbocycles. The molecule has 0 saturated heterocycles. The van der Waals surface area contributed by atoms with Crippen molar-refractivity contribution in [3.63, 3.8) is 0 Å². The van der Waals surface area contributed by atoms with Gasteiger partial charge >= 0.3 is 0 Å². The Hall–Kier alpha value is -0.570. The first-order valence-corrected chi connectivity index (χ1v) is 6.22. The number of hydrogen-bond donors (Lipinski definition) is 0. The molecule has 1 aromatic heterocycles. The molecule has 2 aliphatic carbocycles. The highest BCUT2D eigenvalue weighted by atomic mass is 35.5. The third-order valence-corrected chi connectivity index (χ3v) is 4.12. The summed E-state index contributed by atoms with van der Waals surface area (Å²) >= 11 is 6.13. The predicted molar refractivity (Wildman–Crippen MR) is 58.9 cm³/mol. The normalized spacial score (nSPS) is 23.9. The van der Waals surface area contributed by atoms with Gasteiger partial charge in [-0.3, -0.25) is 4.57 Å². The highest BCUT2D eigenvalue weighted by molar-refractivity contribution is 6.28. The zero-order valence-corrected chi connectivity index (χ0v) is 9.74. The molecule has 2 saturated carbocycles. The smallest absolute Gasteiger partial charge is 0.225 e. The molecular formula is C11H16ClN3. The zero-order chi connectivity index (χ0) is 10.4. The molecule has 1 unspecified atom stereocenters. The second kappa shape index (κ2) is 3.48. The quantitative estimate of drug-likeness (QED) is 0.792. The van der Waals surface area contributed by atoms with E-state index >= 15 is 0 Å². The van der Waals surface area contributed by atoms with E-state index in [0.29, 0.717) is 11.3 Å².